The van der Waals surface area contributed by atoms with Gasteiger partial charge in [-0.2, -0.15) is 0 Å². The van der Waals surface area contributed by atoms with Gasteiger partial charge in [0, 0.05) is 13.1 Å². The van der Waals surface area contributed by atoms with E-state index in [0.717, 1.165) is 43.2 Å². The van der Waals surface area contributed by atoms with Crippen molar-refractivity contribution in [3.8, 4) is 0 Å². The molecule has 27 heavy (non-hydrogen) atoms. The zero-order valence-corrected chi connectivity index (χ0v) is 16.1. The maximum Gasteiger partial charge on any atom is 0.243 e. The van der Waals surface area contributed by atoms with E-state index in [-0.39, 0.29) is 6.54 Å². The Labute approximate surface area is 159 Å². The predicted octanol–water partition coefficient (Wildman–Crippen LogP) is 3.68. The van der Waals surface area contributed by atoms with Gasteiger partial charge in [0.15, 0.2) is 0 Å². The molecule has 2 aromatic carbocycles. The molecule has 146 valence electrons. The fourth-order valence-corrected chi connectivity index (χ4v) is 4.28. The Balaban J connectivity index is 1.59. The molecule has 0 saturated carbocycles. The zero-order valence-electron chi connectivity index (χ0n) is 15.3. The van der Waals surface area contributed by atoms with E-state index in [4.69, 9.17) is 0 Å². The lowest BCUT2D eigenvalue weighted by Gasteiger charge is -2.30. The Kier molecular flexibility index (Phi) is 6.24. The highest BCUT2D eigenvalue weighted by Gasteiger charge is 2.20. The van der Waals surface area contributed by atoms with Crippen LogP contribution in [0, 0.1) is 17.6 Å². The number of sulfonamides is 1. The van der Waals surface area contributed by atoms with Crippen LogP contribution in [-0.4, -0.2) is 26.4 Å². The summed E-state index contributed by atoms with van der Waals surface area (Å²) < 4.78 is 53.7. The zero-order chi connectivity index (χ0) is 19.4. The van der Waals surface area contributed by atoms with Crippen LogP contribution in [0.5, 0.6) is 0 Å². The summed E-state index contributed by atoms with van der Waals surface area (Å²) in [6.45, 7) is 5.37. The molecule has 1 aliphatic rings. The van der Waals surface area contributed by atoms with Crippen molar-refractivity contribution in [2.45, 2.75) is 37.8 Å². The first kappa shape index (κ1) is 19.9. The van der Waals surface area contributed by atoms with Gasteiger partial charge in [-0.05, 0) is 61.2 Å². The number of hydrogen-bond acceptors (Lipinski definition) is 3. The number of rotatable bonds is 6. The van der Waals surface area contributed by atoms with Gasteiger partial charge in [-0.25, -0.2) is 21.9 Å². The molecular formula is C20H24F2N2O2S. The first-order valence-corrected chi connectivity index (χ1v) is 10.6. The van der Waals surface area contributed by atoms with Gasteiger partial charge in [0.25, 0.3) is 0 Å². The second kappa shape index (κ2) is 8.46. The summed E-state index contributed by atoms with van der Waals surface area (Å²) >= 11 is 0. The normalized spacial score (nSPS) is 16.6. The smallest absolute Gasteiger partial charge is 0.243 e. The average molecular weight is 394 g/mol. The molecule has 3 rings (SSSR count). The Morgan fingerprint density at radius 1 is 1.04 bits per heavy atom. The van der Waals surface area contributed by atoms with Gasteiger partial charge in [-0.15, -0.1) is 0 Å². The second-order valence-electron chi connectivity index (χ2n) is 7.17. The molecule has 1 fully saturated rings. The number of halogens is 2. The maximum atomic E-state index is 13.7. The molecule has 1 saturated heterocycles. The lowest BCUT2D eigenvalue weighted by molar-refractivity contribution is 0.185. The lowest BCUT2D eigenvalue weighted by atomic mass is 9.99. The Morgan fingerprint density at radius 2 is 1.67 bits per heavy atom. The molecule has 4 nitrogen and oxygen atoms in total. The number of piperidine rings is 1. The van der Waals surface area contributed by atoms with Crippen molar-refractivity contribution < 1.29 is 17.2 Å². The predicted molar refractivity (Wildman–Crippen MR) is 101 cm³/mol. The van der Waals surface area contributed by atoms with Crippen molar-refractivity contribution in [1.29, 1.82) is 0 Å². The van der Waals surface area contributed by atoms with Gasteiger partial charge in [0.05, 0.1) is 0 Å². The van der Waals surface area contributed by atoms with E-state index in [9.17, 15) is 17.2 Å². The average Bonchev–Trinajstić information content (AvgIpc) is 2.65. The number of hydrogen-bond donors (Lipinski definition) is 1. The third-order valence-electron chi connectivity index (χ3n) is 4.95. The highest BCUT2D eigenvalue weighted by molar-refractivity contribution is 7.89. The van der Waals surface area contributed by atoms with Crippen LogP contribution in [0.2, 0.25) is 0 Å². The lowest BCUT2D eigenvalue weighted by Crippen LogP contribution is -2.32. The first-order valence-electron chi connectivity index (χ1n) is 9.08. The first-order chi connectivity index (χ1) is 12.8. The van der Waals surface area contributed by atoms with Crippen LogP contribution in [0.3, 0.4) is 0 Å². The summed E-state index contributed by atoms with van der Waals surface area (Å²) in [4.78, 5) is 1.74. The van der Waals surface area contributed by atoms with Crippen LogP contribution in [0.1, 0.15) is 30.9 Å². The minimum absolute atomic E-state index is 0.0137. The molecule has 0 aliphatic carbocycles. The van der Waals surface area contributed by atoms with Crippen LogP contribution in [-0.2, 0) is 23.1 Å². The number of nitrogens with one attached hydrogen (secondary N) is 1. The van der Waals surface area contributed by atoms with E-state index < -0.39 is 26.6 Å². The topological polar surface area (TPSA) is 49.4 Å². The fraction of sp³-hybridized carbons (Fsp3) is 0.400. The van der Waals surface area contributed by atoms with Crippen LogP contribution in [0.15, 0.2) is 47.4 Å². The van der Waals surface area contributed by atoms with Crippen molar-refractivity contribution >= 4 is 10.0 Å². The highest BCUT2D eigenvalue weighted by Crippen LogP contribution is 2.19. The van der Waals surface area contributed by atoms with Crippen LogP contribution in [0.4, 0.5) is 8.78 Å². The van der Waals surface area contributed by atoms with Crippen molar-refractivity contribution in [3.63, 3.8) is 0 Å². The van der Waals surface area contributed by atoms with Gasteiger partial charge in [0.2, 0.25) is 10.0 Å². The molecule has 0 atom stereocenters. The van der Waals surface area contributed by atoms with Gasteiger partial charge in [0.1, 0.15) is 16.5 Å². The third kappa shape index (κ3) is 5.34. The van der Waals surface area contributed by atoms with E-state index in [1.807, 2.05) is 24.3 Å². The molecule has 1 heterocycles. The summed E-state index contributed by atoms with van der Waals surface area (Å²) in [5.74, 6) is -0.983. The number of benzene rings is 2. The van der Waals surface area contributed by atoms with Crippen molar-refractivity contribution in [2.75, 3.05) is 13.1 Å². The molecule has 0 radical (unpaired) electrons. The van der Waals surface area contributed by atoms with Gasteiger partial charge < -0.3 is 0 Å². The Bertz CT molecular complexity index is 877. The van der Waals surface area contributed by atoms with Crippen molar-refractivity contribution in [2.24, 2.45) is 5.92 Å². The van der Waals surface area contributed by atoms with E-state index in [2.05, 4.69) is 16.5 Å². The molecule has 1 aliphatic heterocycles. The molecule has 0 aromatic heterocycles. The molecule has 0 amide bonds. The number of nitrogens with zero attached hydrogens (tertiary/aromatic N) is 1. The van der Waals surface area contributed by atoms with Crippen LogP contribution >= 0.6 is 0 Å². The molecule has 0 unspecified atom stereocenters. The monoisotopic (exact) mass is 394 g/mol. The van der Waals surface area contributed by atoms with Crippen molar-refractivity contribution in [3.05, 3.63) is 65.2 Å². The molecular weight excluding hydrogens is 370 g/mol. The molecule has 0 bridgehead atoms. The summed E-state index contributed by atoms with van der Waals surface area (Å²) in [5.41, 5.74) is 1.93. The van der Waals surface area contributed by atoms with E-state index in [0.29, 0.717) is 6.07 Å². The highest BCUT2D eigenvalue weighted by atomic mass is 32.2. The Hall–Kier alpha value is -1.83. The minimum Gasteiger partial charge on any atom is -0.299 e. The minimum atomic E-state index is -4.12. The largest absolute Gasteiger partial charge is 0.299 e. The molecule has 0 spiro atoms. The van der Waals surface area contributed by atoms with Crippen molar-refractivity contribution in [1.82, 2.24) is 9.62 Å². The summed E-state index contributed by atoms with van der Waals surface area (Å²) in [6, 6.07) is 10.0. The summed E-state index contributed by atoms with van der Waals surface area (Å²) in [7, 11) is -4.12. The van der Waals surface area contributed by atoms with Gasteiger partial charge in [-0.3, -0.25) is 4.90 Å². The van der Waals surface area contributed by atoms with Gasteiger partial charge in [-0.1, -0.05) is 31.2 Å². The van der Waals surface area contributed by atoms with Crippen LogP contribution < -0.4 is 4.72 Å². The maximum absolute atomic E-state index is 13.7. The molecule has 7 heteroatoms. The van der Waals surface area contributed by atoms with Crippen LogP contribution in [0.25, 0.3) is 0 Å². The third-order valence-corrected chi connectivity index (χ3v) is 6.37. The summed E-state index contributed by atoms with van der Waals surface area (Å²) in [5, 5.41) is 0. The van der Waals surface area contributed by atoms with E-state index >= 15 is 0 Å². The Morgan fingerprint density at radius 3 is 2.33 bits per heavy atom. The quantitative estimate of drug-likeness (QED) is 0.813. The SMILES string of the molecule is CC1CCN(Cc2ccc(CNS(=O)(=O)c3cc(F)ccc3F)cc2)CC1. The molecule has 2 aromatic rings. The van der Waals surface area contributed by atoms with E-state index in [1.165, 1.54) is 18.4 Å². The standard InChI is InChI=1S/C20H24F2N2O2S/c1-15-8-10-24(11-9-15)14-17-4-2-16(3-5-17)13-23-27(25,26)20-12-18(21)6-7-19(20)22/h2-7,12,15,23H,8-11,13-14H2,1H3. The second-order valence-corrected chi connectivity index (χ2v) is 8.91. The number of likely N-dealkylation sites (tertiary alicyclic amines) is 1. The fourth-order valence-electron chi connectivity index (χ4n) is 3.18. The summed E-state index contributed by atoms with van der Waals surface area (Å²) in [6.07, 6.45) is 2.44. The van der Waals surface area contributed by atoms with E-state index in [1.54, 1.807) is 0 Å². The van der Waals surface area contributed by atoms with Gasteiger partial charge >= 0.3 is 0 Å². The molecule has 1 N–H and O–H groups in total.